The largest absolute Gasteiger partial charge is 0.339 e. The molecule has 1 heterocycles. The molecule has 0 spiro atoms. The molecule has 1 aromatic rings. The molecule has 0 bridgehead atoms. The van der Waals surface area contributed by atoms with E-state index in [-0.39, 0.29) is 30.3 Å². The molecule has 2 fully saturated rings. The van der Waals surface area contributed by atoms with Crippen LogP contribution in [-0.2, 0) is 11.3 Å². The van der Waals surface area contributed by atoms with Gasteiger partial charge < -0.3 is 20.4 Å². The van der Waals surface area contributed by atoms with Gasteiger partial charge in [-0.15, -0.1) is 12.4 Å². The van der Waals surface area contributed by atoms with Crippen LogP contribution in [0, 0.1) is 11.8 Å². The van der Waals surface area contributed by atoms with Gasteiger partial charge in [0.2, 0.25) is 5.91 Å². The van der Waals surface area contributed by atoms with Crippen LogP contribution in [0.4, 0.5) is 4.79 Å². The van der Waals surface area contributed by atoms with Crippen molar-refractivity contribution in [3.63, 3.8) is 0 Å². The zero-order valence-corrected chi connectivity index (χ0v) is 16.9. The summed E-state index contributed by atoms with van der Waals surface area (Å²) < 4.78 is 0. The summed E-state index contributed by atoms with van der Waals surface area (Å²) in [7, 11) is 1.83. The average Bonchev–Trinajstić information content (AvgIpc) is 3.16. The van der Waals surface area contributed by atoms with Crippen LogP contribution in [-0.4, -0.2) is 66.4 Å². The Hall–Kier alpha value is -1.79. The summed E-state index contributed by atoms with van der Waals surface area (Å²) >= 11 is 0. The number of amides is 3. The Bertz CT molecular complexity index is 620. The molecule has 6 nitrogen and oxygen atoms in total. The molecule has 1 aliphatic carbocycles. The van der Waals surface area contributed by atoms with Crippen LogP contribution < -0.4 is 5.73 Å². The van der Waals surface area contributed by atoms with E-state index in [2.05, 4.69) is 0 Å². The first-order valence-corrected chi connectivity index (χ1v) is 9.63. The Morgan fingerprint density at radius 1 is 1.07 bits per heavy atom. The summed E-state index contributed by atoms with van der Waals surface area (Å²) in [5.41, 5.74) is 6.94. The molecule has 0 aromatic heterocycles. The number of hydrogen-bond acceptors (Lipinski definition) is 3. The van der Waals surface area contributed by atoms with Gasteiger partial charge in [0, 0.05) is 45.7 Å². The summed E-state index contributed by atoms with van der Waals surface area (Å²) in [5.74, 6) is 0.657. The van der Waals surface area contributed by atoms with Crippen LogP contribution in [0.15, 0.2) is 30.3 Å². The second-order valence-corrected chi connectivity index (χ2v) is 7.47. The summed E-state index contributed by atoms with van der Waals surface area (Å²) in [6.45, 7) is 3.64. The van der Waals surface area contributed by atoms with E-state index in [9.17, 15) is 9.59 Å². The Labute approximate surface area is 168 Å². The third-order valence-corrected chi connectivity index (χ3v) is 5.73. The molecule has 1 aromatic carbocycles. The number of piperazine rings is 1. The highest BCUT2D eigenvalue weighted by Crippen LogP contribution is 2.32. The van der Waals surface area contributed by atoms with Crippen LogP contribution in [0.2, 0.25) is 0 Å². The Balaban J connectivity index is 0.00000261. The molecular weight excluding hydrogens is 364 g/mol. The van der Waals surface area contributed by atoms with Crippen molar-refractivity contribution < 1.29 is 9.59 Å². The lowest BCUT2D eigenvalue weighted by molar-refractivity contribution is -0.138. The lowest BCUT2D eigenvalue weighted by Gasteiger charge is -2.38. The first-order valence-electron chi connectivity index (χ1n) is 9.63. The van der Waals surface area contributed by atoms with Gasteiger partial charge in [0.05, 0.1) is 0 Å². The van der Waals surface area contributed by atoms with Gasteiger partial charge in [-0.05, 0) is 30.9 Å². The lowest BCUT2D eigenvalue weighted by Crippen LogP contribution is -2.54. The number of nitrogens with zero attached hydrogens (tertiary/aromatic N) is 3. The molecular formula is C20H31ClN4O2. The molecule has 0 unspecified atom stereocenters. The van der Waals surface area contributed by atoms with Crippen LogP contribution in [0.3, 0.4) is 0 Å². The standard InChI is InChI=1S/C20H30N4O2.ClH/c1-22(15-16-6-3-2-4-7-16)20(26)24-12-10-23(11-13-24)19(25)18-9-5-8-17(18)14-21;/h2-4,6-7,17-18H,5,8-15,21H2,1H3;1H/t17-,18-;/m1./s1. The number of carbonyl (C=O) groups excluding carboxylic acids is 2. The van der Waals surface area contributed by atoms with Crippen molar-refractivity contribution >= 4 is 24.3 Å². The van der Waals surface area contributed by atoms with Crippen molar-refractivity contribution in [1.82, 2.24) is 14.7 Å². The van der Waals surface area contributed by atoms with E-state index in [0.717, 1.165) is 24.8 Å². The van der Waals surface area contributed by atoms with Gasteiger partial charge in [-0.25, -0.2) is 4.79 Å². The second kappa shape index (κ2) is 9.95. The van der Waals surface area contributed by atoms with E-state index in [4.69, 9.17) is 5.73 Å². The molecule has 3 amide bonds. The molecule has 2 atom stereocenters. The van der Waals surface area contributed by atoms with E-state index < -0.39 is 0 Å². The van der Waals surface area contributed by atoms with Crippen LogP contribution in [0.5, 0.6) is 0 Å². The lowest BCUT2D eigenvalue weighted by atomic mass is 9.94. The zero-order chi connectivity index (χ0) is 18.5. The minimum atomic E-state index is 0. The molecule has 7 heteroatoms. The van der Waals surface area contributed by atoms with Crippen molar-refractivity contribution in [2.75, 3.05) is 39.8 Å². The smallest absolute Gasteiger partial charge is 0.320 e. The van der Waals surface area contributed by atoms with Crippen molar-refractivity contribution in [2.45, 2.75) is 25.8 Å². The highest BCUT2D eigenvalue weighted by atomic mass is 35.5. The van der Waals surface area contributed by atoms with E-state index in [0.29, 0.717) is 45.2 Å². The molecule has 150 valence electrons. The van der Waals surface area contributed by atoms with Crippen molar-refractivity contribution in [1.29, 1.82) is 0 Å². The summed E-state index contributed by atoms with van der Waals surface area (Å²) in [6.07, 6.45) is 3.12. The minimum Gasteiger partial charge on any atom is -0.339 e. The first kappa shape index (κ1) is 21.5. The normalized spacial score (nSPS) is 22.3. The van der Waals surface area contributed by atoms with Gasteiger partial charge in [0.25, 0.3) is 0 Å². The molecule has 1 saturated carbocycles. The third-order valence-electron chi connectivity index (χ3n) is 5.73. The summed E-state index contributed by atoms with van der Waals surface area (Å²) in [4.78, 5) is 31.0. The molecule has 1 aliphatic heterocycles. The van der Waals surface area contributed by atoms with Gasteiger partial charge in [-0.2, -0.15) is 0 Å². The van der Waals surface area contributed by atoms with Gasteiger partial charge in [0.15, 0.2) is 0 Å². The van der Waals surface area contributed by atoms with Crippen molar-refractivity contribution in [3.8, 4) is 0 Å². The van der Waals surface area contributed by atoms with Crippen molar-refractivity contribution in [2.24, 2.45) is 17.6 Å². The number of halogens is 1. The van der Waals surface area contributed by atoms with Gasteiger partial charge in [-0.3, -0.25) is 4.79 Å². The number of nitrogens with two attached hydrogens (primary N) is 1. The number of carbonyl (C=O) groups is 2. The van der Waals surface area contributed by atoms with E-state index in [1.807, 2.05) is 47.2 Å². The topological polar surface area (TPSA) is 69.9 Å². The van der Waals surface area contributed by atoms with Gasteiger partial charge >= 0.3 is 6.03 Å². The van der Waals surface area contributed by atoms with E-state index >= 15 is 0 Å². The maximum atomic E-state index is 12.8. The first-order chi connectivity index (χ1) is 12.6. The quantitative estimate of drug-likeness (QED) is 0.850. The molecule has 0 radical (unpaired) electrons. The van der Waals surface area contributed by atoms with Crippen LogP contribution in [0.25, 0.3) is 0 Å². The highest BCUT2D eigenvalue weighted by Gasteiger charge is 2.36. The number of urea groups is 1. The summed E-state index contributed by atoms with van der Waals surface area (Å²) in [5, 5.41) is 0. The Kier molecular flexibility index (Phi) is 7.92. The number of benzene rings is 1. The molecule has 27 heavy (non-hydrogen) atoms. The third kappa shape index (κ3) is 5.14. The minimum absolute atomic E-state index is 0. The SMILES string of the molecule is CN(Cc1ccccc1)C(=O)N1CCN(C(=O)[C@@H]2CCC[C@@H]2CN)CC1.Cl. The average molecular weight is 395 g/mol. The predicted octanol–water partition coefficient (Wildman–Crippen LogP) is 2.18. The fourth-order valence-electron chi connectivity index (χ4n) is 4.16. The van der Waals surface area contributed by atoms with Crippen LogP contribution >= 0.6 is 12.4 Å². The maximum Gasteiger partial charge on any atom is 0.320 e. The molecule has 3 rings (SSSR count). The molecule has 2 aliphatic rings. The van der Waals surface area contributed by atoms with E-state index in [1.165, 1.54) is 0 Å². The van der Waals surface area contributed by atoms with Crippen LogP contribution in [0.1, 0.15) is 24.8 Å². The monoisotopic (exact) mass is 394 g/mol. The molecule has 1 saturated heterocycles. The Morgan fingerprint density at radius 3 is 2.33 bits per heavy atom. The summed E-state index contributed by atoms with van der Waals surface area (Å²) in [6, 6.07) is 10.0. The second-order valence-electron chi connectivity index (χ2n) is 7.47. The number of hydrogen-bond donors (Lipinski definition) is 1. The fraction of sp³-hybridized carbons (Fsp3) is 0.600. The van der Waals surface area contributed by atoms with Gasteiger partial charge in [-0.1, -0.05) is 36.8 Å². The van der Waals surface area contributed by atoms with E-state index in [1.54, 1.807) is 4.90 Å². The zero-order valence-electron chi connectivity index (χ0n) is 16.0. The predicted molar refractivity (Wildman–Crippen MR) is 109 cm³/mol. The fourth-order valence-corrected chi connectivity index (χ4v) is 4.16. The number of rotatable bonds is 4. The maximum absolute atomic E-state index is 12.8. The molecule has 2 N–H and O–H groups in total. The highest BCUT2D eigenvalue weighted by molar-refractivity contribution is 5.85. The Morgan fingerprint density at radius 2 is 1.70 bits per heavy atom. The van der Waals surface area contributed by atoms with Crippen molar-refractivity contribution in [3.05, 3.63) is 35.9 Å². The van der Waals surface area contributed by atoms with Gasteiger partial charge in [0.1, 0.15) is 0 Å².